The Morgan fingerprint density at radius 3 is 2.05 bits per heavy atom. The maximum atomic E-state index is 12.1. The normalized spacial score (nSPS) is 14.8. The van der Waals surface area contributed by atoms with Gasteiger partial charge in [-0.1, -0.05) is 52.0 Å². The molecule has 0 aromatic heterocycles. The standard InChI is InChI=1S/C17H29NOS/c1-13(2)10-15-6-8-16(9-7-15)17(18-5)12-20(19)11-14(3)4/h6-9,13-14,17-18H,10-12H2,1-5H3. The molecule has 0 spiro atoms. The van der Waals surface area contributed by atoms with Crippen molar-refractivity contribution in [1.29, 1.82) is 0 Å². The van der Waals surface area contributed by atoms with Crippen LogP contribution in [0.25, 0.3) is 0 Å². The van der Waals surface area contributed by atoms with E-state index in [4.69, 9.17) is 0 Å². The molecule has 0 fully saturated rings. The van der Waals surface area contributed by atoms with Crippen molar-refractivity contribution in [3.63, 3.8) is 0 Å². The largest absolute Gasteiger partial charge is 0.312 e. The van der Waals surface area contributed by atoms with E-state index in [1.54, 1.807) is 0 Å². The Hall–Kier alpha value is -0.670. The molecule has 0 saturated carbocycles. The van der Waals surface area contributed by atoms with Crippen molar-refractivity contribution in [1.82, 2.24) is 5.32 Å². The summed E-state index contributed by atoms with van der Waals surface area (Å²) in [6, 6.07) is 8.93. The van der Waals surface area contributed by atoms with Crippen LogP contribution in [0.15, 0.2) is 24.3 Å². The second-order valence-electron chi connectivity index (χ2n) is 6.35. The van der Waals surface area contributed by atoms with E-state index in [1.807, 2.05) is 7.05 Å². The third-order valence-electron chi connectivity index (χ3n) is 3.25. The van der Waals surface area contributed by atoms with Gasteiger partial charge < -0.3 is 5.32 Å². The molecule has 0 radical (unpaired) electrons. The summed E-state index contributed by atoms with van der Waals surface area (Å²) < 4.78 is 12.1. The third kappa shape index (κ3) is 6.19. The van der Waals surface area contributed by atoms with Gasteiger partial charge in [-0.05, 0) is 36.4 Å². The Labute approximate surface area is 126 Å². The van der Waals surface area contributed by atoms with E-state index >= 15 is 0 Å². The minimum Gasteiger partial charge on any atom is -0.312 e. The first-order valence-corrected chi connectivity index (χ1v) is 9.02. The summed E-state index contributed by atoms with van der Waals surface area (Å²) in [6.07, 6.45) is 1.11. The molecule has 0 saturated heterocycles. The Bertz CT molecular complexity index is 412. The van der Waals surface area contributed by atoms with E-state index in [0.29, 0.717) is 17.6 Å². The summed E-state index contributed by atoms with van der Waals surface area (Å²) in [7, 11) is 1.19. The van der Waals surface area contributed by atoms with E-state index < -0.39 is 10.8 Å². The molecule has 0 bridgehead atoms. The molecule has 2 nitrogen and oxygen atoms in total. The van der Waals surface area contributed by atoms with Gasteiger partial charge in [0, 0.05) is 28.3 Å². The van der Waals surface area contributed by atoms with E-state index in [9.17, 15) is 4.21 Å². The van der Waals surface area contributed by atoms with Crippen molar-refractivity contribution < 1.29 is 4.21 Å². The first-order valence-electron chi connectivity index (χ1n) is 7.53. The van der Waals surface area contributed by atoms with Gasteiger partial charge >= 0.3 is 0 Å². The fourth-order valence-corrected chi connectivity index (χ4v) is 3.94. The van der Waals surface area contributed by atoms with Gasteiger partial charge in [-0.2, -0.15) is 0 Å². The SMILES string of the molecule is CNC(CS(=O)CC(C)C)c1ccc(CC(C)C)cc1. The lowest BCUT2D eigenvalue weighted by molar-refractivity contribution is 0.625. The highest BCUT2D eigenvalue weighted by Gasteiger charge is 2.14. The zero-order chi connectivity index (χ0) is 15.1. The van der Waals surface area contributed by atoms with Crippen molar-refractivity contribution in [3.8, 4) is 0 Å². The van der Waals surface area contributed by atoms with Gasteiger partial charge in [-0.15, -0.1) is 0 Å². The number of hydrogen-bond donors (Lipinski definition) is 1. The minimum absolute atomic E-state index is 0.183. The summed E-state index contributed by atoms with van der Waals surface area (Å²) >= 11 is 0. The summed E-state index contributed by atoms with van der Waals surface area (Å²) in [6.45, 7) is 8.71. The molecule has 0 heterocycles. The average molecular weight is 295 g/mol. The lowest BCUT2D eigenvalue weighted by Gasteiger charge is -2.17. The second-order valence-corrected chi connectivity index (χ2v) is 7.89. The predicted octanol–water partition coefficient (Wildman–Crippen LogP) is 3.55. The maximum absolute atomic E-state index is 12.1. The van der Waals surface area contributed by atoms with Crippen molar-refractivity contribution in [3.05, 3.63) is 35.4 Å². The Balaban J connectivity index is 2.67. The molecular weight excluding hydrogens is 266 g/mol. The Morgan fingerprint density at radius 1 is 1.00 bits per heavy atom. The summed E-state index contributed by atoms with van der Waals surface area (Å²) in [5.41, 5.74) is 2.61. The number of benzene rings is 1. The van der Waals surface area contributed by atoms with Gasteiger partial charge in [0.2, 0.25) is 0 Å². The fourth-order valence-electron chi connectivity index (χ4n) is 2.33. The molecular formula is C17H29NOS. The molecule has 3 heteroatoms. The van der Waals surface area contributed by atoms with Crippen LogP contribution in [0, 0.1) is 11.8 Å². The van der Waals surface area contributed by atoms with Crippen LogP contribution < -0.4 is 5.32 Å². The highest BCUT2D eigenvalue weighted by Crippen LogP contribution is 2.17. The number of rotatable bonds is 8. The van der Waals surface area contributed by atoms with Crippen LogP contribution in [0.3, 0.4) is 0 Å². The van der Waals surface area contributed by atoms with Crippen molar-refractivity contribution >= 4 is 10.8 Å². The van der Waals surface area contributed by atoms with Crippen LogP contribution in [0.5, 0.6) is 0 Å². The molecule has 1 aromatic carbocycles. The van der Waals surface area contributed by atoms with Crippen LogP contribution in [-0.2, 0) is 17.2 Å². The summed E-state index contributed by atoms with van der Waals surface area (Å²) in [5.74, 6) is 2.64. The molecule has 1 aromatic rings. The first kappa shape index (κ1) is 17.4. The Morgan fingerprint density at radius 2 is 1.60 bits per heavy atom. The monoisotopic (exact) mass is 295 g/mol. The van der Waals surface area contributed by atoms with Crippen LogP contribution >= 0.6 is 0 Å². The smallest absolute Gasteiger partial charge is 0.0434 e. The fraction of sp³-hybridized carbons (Fsp3) is 0.647. The van der Waals surface area contributed by atoms with Gasteiger partial charge in [0.15, 0.2) is 0 Å². The highest BCUT2D eigenvalue weighted by atomic mass is 32.2. The lowest BCUT2D eigenvalue weighted by atomic mass is 10.00. The second kappa shape index (κ2) is 8.58. The van der Waals surface area contributed by atoms with Gasteiger partial charge in [0.1, 0.15) is 0 Å². The Kier molecular flexibility index (Phi) is 7.46. The zero-order valence-electron chi connectivity index (χ0n) is 13.5. The molecule has 0 aliphatic carbocycles. The van der Waals surface area contributed by atoms with Crippen LogP contribution in [-0.4, -0.2) is 22.8 Å². The topological polar surface area (TPSA) is 29.1 Å². The van der Waals surface area contributed by atoms with Crippen molar-refractivity contribution in [2.45, 2.75) is 40.2 Å². The minimum atomic E-state index is -0.758. The number of nitrogens with one attached hydrogen (secondary N) is 1. The molecule has 0 amide bonds. The van der Waals surface area contributed by atoms with E-state index in [0.717, 1.165) is 12.2 Å². The molecule has 20 heavy (non-hydrogen) atoms. The van der Waals surface area contributed by atoms with Crippen molar-refractivity contribution in [2.75, 3.05) is 18.6 Å². The molecule has 2 atom stereocenters. The van der Waals surface area contributed by atoms with Crippen LogP contribution in [0.4, 0.5) is 0 Å². The molecule has 114 valence electrons. The molecule has 1 rings (SSSR count). The molecule has 2 unspecified atom stereocenters. The van der Waals surface area contributed by atoms with Gasteiger partial charge in [-0.25, -0.2) is 0 Å². The van der Waals surface area contributed by atoms with Gasteiger partial charge in [0.25, 0.3) is 0 Å². The van der Waals surface area contributed by atoms with Crippen LogP contribution in [0.1, 0.15) is 44.9 Å². The lowest BCUT2D eigenvalue weighted by Crippen LogP contribution is -2.24. The van der Waals surface area contributed by atoms with Crippen molar-refractivity contribution in [2.24, 2.45) is 11.8 Å². The average Bonchev–Trinajstić information content (AvgIpc) is 2.35. The van der Waals surface area contributed by atoms with Gasteiger partial charge in [0.05, 0.1) is 0 Å². The quantitative estimate of drug-likeness (QED) is 0.794. The highest BCUT2D eigenvalue weighted by molar-refractivity contribution is 7.85. The molecule has 1 N–H and O–H groups in total. The van der Waals surface area contributed by atoms with E-state index in [1.165, 1.54) is 11.1 Å². The molecule has 0 aliphatic rings. The molecule has 0 aliphatic heterocycles. The summed E-state index contributed by atoms with van der Waals surface area (Å²) in [5, 5.41) is 3.29. The third-order valence-corrected chi connectivity index (χ3v) is 4.99. The van der Waals surface area contributed by atoms with E-state index in [-0.39, 0.29) is 6.04 Å². The van der Waals surface area contributed by atoms with E-state index in [2.05, 4.69) is 57.3 Å². The first-order chi connectivity index (χ1) is 9.42. The summed E-state index contributed by atoms with van der Waals surface area (Å²) in [4.78, 5) is 0. The predicted molar refractivity (Wildman–Crippen MR) is 89.5 cm³/mol. The number of hydrogen-bond acceptors (Lipinski definition) is 2. The zero-order valence-corrected chi connectivity index (χ0v) is 14.3. The maximum Gasteiger partial charge on any atom is 0.0434 e. The van der Waals surface area contributed by atoms with Gasteiger partial charge in [-0.3, -0.25) is 4.21 Å². The van der Waals surface area contributed by atoms with Crippen LogP contribution in [0.2, 0.25) is 0 Å².